The van der Waals surface area contributed by atoms with Crippen molar-refractivity contribution in [1.29, 1.82) is 0 Å². The SMILES string of the molecule is COC(=O)c1ccc(Cn2c[n+](/N=C/c3ccc(N(C)C)cc3)cn2)cc1.[Br-]. The molecule has 8 heteroatoms. The van der Waals surface area contributed by atoms with Gasteiger partial charge in [0.15, 0.2) is 0 Å². The third-order valence-corrected chi connectivity index (χ3v) is 4.04. The summed E-state index contributed by atoms with van der Waals surface area (Å²) in [6.07, 6.45) is 5.24. The maximum atomic E-state index is 11.5. The summed E-state index contributed by atoms with van der Waals surface area (Å²) < 4.78 is 8.13. The quantitative estimate of drug-likeness (QED) is 0.277. The summed E-state index contributed by atoms with van der Waals surface area (Å²) in [4.78, 5) is 13.5. The van der Waals surface area contributed by atoms with E-state index >= 15 is 0 Å². The molecule has 0 saturated heterocycles. The fraction of sp³-hybridized carbons (Fsp3) is 0.200. The van der Waals surface area contributed by atoms with Crippen molar-refractivity contribution in [2.45, 2.75) is 6.54 Å². The Balaban J connectivity index is 0.00000280. The Kier molecular flexibility index (Phi) is 7.45. The summed E-state index contributed by atoms with van der Waals surface area (Å²) in [5, 5.41) is 8.70. The number of carbonyl (C=O) groups excluding carboxylic acids is 1. The van der Waals surface area contributed by atoms with Crippen molar-refractivity contribution < 1.29 is 31.2 Å². The lowest BCUT2D eigenvalue weighted by Crippen LogP contribution is -3.00. The monoisotopic (exact) mass is 443 g/mol. The minimum absolute atomic E-state index is 0. The molecule has 0 aliphatic heterocycles. The zero-order valence-electron chi connectivity index (χ0n) is 16.0. The lowest BCUT2D eigenvalue weighted by molar-refractivity contribution is -0.679. The topological polar surface area (TPSA) is 63.6 Å². The molecule has 1 heterocycles. The minimum atomic E-state index is -0.341. The second-order valence-electron chi connectivity index (χ2n) is 6.24. The van der Waals surface area contributed by atoms with Crippen molar-refractivity contribution in [3.63, 3.8) is 0 Å². The van der Waals surface area contributed by atoms with Gasteiger partial charge in [0.1, 0.15) is 6.54 Å². The predicted octanol–water partition coefficient (Wildman–Crippen LogP) is -1.04. The predicted molar refractivity (Wildman–Crippen MR) is 103 cm³/mol. The normalized spacial score (nSPS) is 10.5. The molecule has 0 aliphatic carbocycles. The molecule has 28 heavy (non-hydrogen) atoms. The number of hydrogen-bond acceptors (Lipinski definition) is 5. The highest BCUT2D eigenvalue weighted by molar-refractivity contribution is 5.89. The second-order valence-corrected chi connectivity index (χ2v) is 6.24. The molecule has 0 saturated carbocycles. The first-order valence-corrected chi connectivity index (χ1v) is 8.48. The molecule has 0 N–H and O–H groups in total. The number of hydrogen-bond donors (Lipinski definition) is 0. The first-order valence-electron chi connectivity index (χ1n) is 8.48. The van der Waals surface area contributed by atoms with E-state index in [0.29, 0.717) is 12.1 Å². The van der Waals surface area contributed by atoms with Crippen LogP contribution in [0.1, 0.15) is 21.5 Å². The first-order chi connectivity index (χ1) is 13.0. The maximum Gasteiger partial charge on any atom is 0.337 e. The van der Waals surface area contributed by atoms with E-state index in [-0.39, 0.29) is 23.0 Å². The number of benzene rings is 2. The van der Waals surface area contributed by atoms with Crippen LogP contribution in [0.25, 0.3) is 0 Å². The number of aromatic nitrogens is 3. The zero-order valence-corrected chi connectivity index (χ0v) is 17.6. The lowest BCUT2D eigenvalue weighted by atomic mass is 10.1. The minimum Gasteiger partial charge on any atom is -1.00 e. The summed E-state index contributed by atoms with van der Waals surface area (Å²) in [6, 6.07) is 15.4. The molecule has 0 aliphatic rings. The van der Waals surface area contributed by atoms with Crippen LogP contribution in [0.3, 0.4) is 0 Å². The highest BCUT2D eigenvalue weighted by Crippen LogP contribution is 2.11. The highest BCUT2D eigenvalue weighted by atomic mass is 79.9. The average Bonchev–Trinajstić information content (AvgIpc) is 3.14. The molecule has 0 fully saturated rings. The Morgan fingerprint density at radius 2 is 1.86 bits per heavy atom. The molecule has 0 atom stereocenters. The van der Waals surface area contributed by atoms with Gasteiger partial charge < -0.3 is 26.6 Å². The van der Waals surface area contributed by atoms with E-state index in [4.69, 9.17) is 4.74 Å². The number of ether oxygens (including phenoxy) is 1. The molecule has 0 unspecified atom stereocenters. The molecule has 3 rings (SSSR count). The van der Waals surface area contributed by atoms with Crippen molar-refractivity contribution in [2.24, 2.45) is 5.10 Å². The third kappa shape index (κ3) is 5.50. The molecule has 3 aromatic rings. The van der Waals surface area contributed by atoms with Crippen LogP contribution in [-0.2, 0) is 11.3 Å². The fourth-order valence-corrected chi connectivity index (χ4v) is 2.50. The molecule has 0 radical (unpaired) electrons. The van der Waals surface area contributed by atoms with Crippen LogP contribution in [0.4, 0.5) is 5.69 Å². The molecule has 1 aromatic heterocycles. The smallest absolute Gasteiger partial charge is 0.337 e. The van der Waals surface area contributed by atoms with Gasteiger partial charge in [-0.2, -0.15) is 0 Å². The summed E-state index contributed by atoms with van der Waals surface area (Å²) in [5.74, 6) is -0.341. The van der Waals surface area contributed by atoms with Crippen LogP contribution in [0.5, 0.6) is 0 Å². The number of halogens is 1. The van der Waals surface area contributed by atoms with Gasteiger partial charge in [0.05, 0.1) is 18.9 Å². The van der Waals surface area contributed by atoms with Crippen molar-refractivity contribution in [3.8, 4) is 0 Å². The van der Waals surface area contributed by atoms with E-state index in [1.54, 1.807) is 40.4 Å². The van der Waals surface area contributed by atoms with Gasteiger partial charge in [0.25, 0.3) is 6.33 Å². The van der Waals surface area contributed by atoms with E-state index in [0.717, 1.165) is 16.8 Å². The number of nitrogens with zero attached hydrogens (tertiary/aromatic N) is 5. The maximum absolute atomic E-state index is 11.5. The first kappa shape index (κ1) is 21.3. The van der Waals surface area contributed by atoms with Crippen molar-refractivity contribution in [1.82, 2.24) is 9.78 Å². The van der Waals surface area contributed by atoms with E-state index in [1.807, 2.05) is 50.5 Å². The van der Waals surface area contributed by atoms with Crippen molar-refractivity contribution >= 4 is 17.9 Å². The molecule has 0 spiro atoms. The summed E-state index contributed by atoms with van der Waals surface area (Å²) in [5.41, 5.74) is 3.72. The number of esters is 1. The molecular weight excluding hydrogens is 422 g/mol. The lowest BCUT2D eigenvalue weighted by Gasteiger charge is -2.11. The van der Waals surface area contributed by atoms with E-state index in [2.05, 4.69) is 15.1 Å². The van der Waals surface area contributed by atoms with Crippen LogP contribution in [0.15, 0.2) is 66.3 Å². The van der Waals surface area contributed by atoms with Gasteiger partial charge in [0.2, 0.25) is 6.33 Å². The Bertz CT molecular complexity index is 934. The fourth-order valence-electron chi connectivity index (χ4n) is 2.50. The average molecular weight is 444 g/mol. The second kappa shape index (κ2) is 9.80. The molecule has 7 nitrogen and oxygen atoms in total. The largest absolute Gasteiger partial charge is 1.00 e. The Morgan fingerprint density at radius 3 is 2.46 bits per heavy atom. The summed E-state index contributed by atoms with van der Waals surface area (Å²) in [7, 11) is 5.39. The number of carbonyl (C=O) groups is 1. The van der Waals surface area contributed by atoms with Gasteiger partial charge >= 0.3 is 5.97 Å². The Hall–Kier alpha value is -3.00. The van der Waals surface area contributed by atoms with Crippen LogP contribution in [0.2, 0.25) is 0 Å². The zero-order chi connectivity index (χ0) is 19.2. The Morgan fingerprint density at radius 1 is 1.18 bits per heavy atom. The van der Waals surface area contributed by atoms with Crippen LogP contribution in [0, 0.1) is 0 Å². The number of anilines is 1. The molecular formula is C20H22BrN5O2. The van der Waals surface area contributed by atoms with Crippen molar-refractivity contribution in [2.75, 3.05) is 26.1 Å². The summed E-state index contributed by atoms with van der Waals surface area (Å²) >= 11 is 0. The van der Waals surface area contributed by atoms with Gasteiger partial charge in [-0.1, -0.05) is 24.3 Å². The van der Waals surface area contributed by atoms with Gasteiger partial charge in [-0.15, -0.1) is 14.5 Å². The van der Waals surface area contributed by atoms with E-state index in [1.165, 1.54) is 7.11 Å². The van der Waals surface area contributed by atoms with Crippen LogP contribution < -0.4 is 26.6 Å². The molecule has 0 amide bonds. The van der Waals surface area contributed by atoms with E-state index in [9.17, 15) is 4.79 Å². The standard InChI is InChI=1S/C20H22N5O2.BrH/c1-23(2)19-10-6-16(7-11-19)12-21-25-14-22-24(15-25)13-17-4-8-18(9-5-17)20(26)27-3;/h4-12,14-15H,13H2,1-3H3;1H/q+1;/p-1/b21-12+;. The number of methoxy groups -OCH3 is 1. The Labute approximate surface area is 174 Å². The number of rotatable bonds is 6. The van der Waals surface area contributed by atoms with Gasteiger partial charge in [0, 0.05) is 24.9 Å². The van der Waals surface area contributed by atoms with E-state index < -0.39 is 0 Å². The summed E-state index contributed by atoms with van der Waals surface area (Å²) in [6.45, 7) is 0.585. The molecule has 146 valence electrons. The third-order valence-electron chi connectivity index (χ3n) is 4.04. The van der Waals surface area contributed by atoms with Gasteiger partial charge in [-0.05, 0) is 35.4 Å². The molecule has 2 aromatic carbocycles. The molecule has 0 bridgehead atoms. The van der Waals surface area contributed by atoms with Crippen molar-refractivity contribution in [3.05, 3.63) is 77.9 Å². The van der Waals surface area contributed by atoms with Gasteiger partial charge in [-0.3, -0.25) is 0 Å². The van der Waals surface area contributed by atoms with Crippen LogP contribution in [-0.4, -0.2) is 43.2 Å². The van der Waals surface area contributed by atoms with Crippen LogP contribution >= 0.6 is 0 Å². The highest BCUT2D eigenvalue weighted by Gasteiger charge is 2.08. The van der Waals surface area contributed by atoms with Gasteiger partial charge in [-0.25, -0.2) is 4.79 Å².